The van der Waals surface area contributed by atoms with Crippen LogP contribution in [0.2, 0.25) is 0 Å². The molecule has 0 saturated carbocycles. The lowest BCUT2D eigenvalue weighted by Gasteiger charge is -2.06. The van der Waals surface area contributed by atoms with E-state index in [0.717, 1.165) is 27.9 Å². The SMILES string of the molecule is CCc1cccc(-n2c(=S)[nH]c3cc(I)ccc32)c1. The van der Waals surface area contributed by atoms with Gasteiger partial charge in [0.2, 0.25) is 0 Å². The summed E-state index contributed by atoms with van der Waals surface area (Å²) in [7, 11) is 0. The second-order valence-electron chi connectivity index (χ2n) is 4.45. The summed E-state index contributed by atoms with van der Waals surface area (Å²) in [6.45, 7) is 2.16. The fraction of sp³-hybridized carbons (Fsp3) is 0.133. The average Bonchev–Trinajstić information content (AvgIpc) is 2.73. The lowest BCUT2D eigenvalue weighted by Crippen LogP contribution is -1.95. The first-order valence-corrected chi connectivity index (χ1v) is 7.67. The minimum Gasteiger partial charge on any atom is -0.330 e. The van der Waals surface area contributed by atoms with Gasteiger partial charge in [-0.25, -0.2) is 0 Å². The van der Waals surface area contributed by atoms with E-state index in [9.17, 15) is 0 Å². The Hall–Kier alpha value is -1.14. The molecule has 3 rings (SSSR count). The number of fused-ring (bicyclic) bond motifs is 1. The Morgan fingerprint density at radius 2 is 2.05 bits per heavy atom. The molecule has 2 nitrogen and oxygen atoms in total. The van der Waals surface area contributed by atoms with E-state index in [2.05, 4.69) is 81.5 Å². The third-order valence-electron chi connectivity index (χ3n) is 3.22. The fourth-order valence-corrected chi connectivity index (χ4v) is 3.06. The van der Waals surface area contributed by atoms with Crippen LogP contribution in [0.3, 0.4) is 0 Å². The van der Waals surface area contributed by atoms with Gasteiger partial charge in [0.15, 0.2) is 4.77 Å². The zero-order chi connectivity index (χ0) is 13.4. The molecule has 0 atom stereocenters. The highest BCUT2D eigenvalue weighted by atomic mass is 127. The molecular formula is C15H13IN2S. The molecule has 1 N–H and O–H groups in total. The smallest absolute Gasteiger partial charge is 0.182 e. The number of aromatic nitrogens is 2. The van der Waals surface area contributed by atoms with Gasteiger partial charge in [0.05, 0.1) is 11.0 Å². The van der Waals surface area contributed by atoms with Crippen LogP contribution in [0.1, 0.15) is 12.5 Å². The normalized spacial score (nSPS) is 11.1. The molecule has 0 unspecified atom stereocenters. The van der Waals surface area contributed by atoms with E-state index in [1.807, 2.05) is 0 Å². The Labute approximate surface area is 130 Å². The fourth-order valence-electron chi connectivity index (χ4n) is 2.26. The molecule has 1 heterocycles. The number of H-pyrrole nitrogens is 1. The van der Waals surface area contributed by atoms with Gasteiger partial charge in [-0.05, 0) is 77.1 Å². The molecule has 0 aliphatic rings. The van der Waals surface area contributed by atoms with Crippen molar-refractivity contribution in [3.63, 3.8) is 0 Å². The van der Waals surface area contributed by atoms with Gasteiger partial charge in [-0.15, -0.1) is 0 Å². The van der Waals surface area contributed by atoms with Crippen LogP contribution >= 0.6 is 34.8 Å². The number of rotatable bonds is 2. The molecule has 0 saturated heterocycles. The highest BCUT2D eigenvalue weighted by Crippen LogP contribution is 2.22. The van der Waals surface area contributed by atoms with Gasteiger partial charge in [-0.3, -0.25) is 4.57 Å². The number of nitrogens with zero attached hydrogens (tertiary/aromatic N) is 1. The van der Waals surface area contributed by atoms with Gasteiger partial charge in [0.1, 0.15) is 0 Å². The molecule has 0 radical (unpaired) electrons. The van der Waals surface area contributed by atoms with Crippen LogP contribution in [-0.4, -0.2) is 9.55 Å². The lowest BCUT2D eigenvalue weighted by molar-refractivity contribution is 1.05. The first-order chi connectivity index (χ1) is 9.19. The number of hydrogen-bond acceptors (Lipinski definition) is 1. The maximum absolute atomic E-state index is 5.46. The van der Waals surface area contributed by atoms with Crippen molar-refractivity contribution in [1.82, 2.24) is 9.55 Å². The Bertz CT molecular complexity index is 801. The van der Waals surface area contributed by atoms with Crippen molar-refractivity contribution in [2.45, 2.75) is 13.3 Å². The minimum atomic E-state index is 0.741. The number of benzene rings is 2. The molecule has 0 amide bonds. The van der Waals surface area contributed by atoms with Crippen molar-refractivity contribution < 1.29 is 0 Å². The van der Waals surface area contributed by atoms with E-state index in [4.69, 9.17) is 12.2 Å². The quantitative estimate of drug-likeness (QED) is 0.498. The highest BCUT2D eigenvalue weighted by Gasteiger charge is 2.07. The van der Waals surface area contributed by atoms with Gasteiger partial charge >= 0.3 is 0 Å². The lowest BCUT2D eigenvalue weighted by atomic mass is 10.1. The number of aryl methyl sites for hydroxylation is 1. The largest absolute Gasteiger partial charge is 0.330 e. The third-order valence-corrected chi connectivity index (χ3v) is 4.18. The van der Waals surface area contributed by atoms with Crippen LogP contribution in [0.25, 0.3) is 16.7 Å². The average molecular weight is 380 g/mol. The number of halogens is 1. The summed E-state index contributed by atoms with van der Waals surface area (Å²) in [5.41, 5.74) is 4.65. The summed E-state index contributed by atoms with van der Waals surface area (Å²) >= 11 is 7.77. The number of aromatic amines is 1. The van der Waals surface area contributed by atoms with E-state index in [-0.39, 0.29) is 0 Å². The van der Waals surface area contributed by atoms with E-state index < -0.39 is 0 Å². The third kappa shape index (κ3) is 2.34. The number of nitrogens with one attached hydrogen (secondary N) is 1. The van der Waals surface area contributed by atoms with Crippen LogP contribution in [0.4, 0.5) is 0 Å². The van der Waals surface area contributed by atoms with Crippen LogP contribution in [0.5, 0.6) is 0 Å². The van der Waals surface area contributed by atoms with Crippen LogP contribution in [0.15, 0.2) is 42.5 Å². The first kappa shape index (κ1) is 12.9. The van der Waals surface area contributed by atoms with Gasteiger partial charge < -0.3 is 4.98 Å². The van der Waals surface area contributed by atoms with E-state index >= 15 is 0 Å². The number of imidazole rings is 1. The Morgan fingerprint density at radius 3 is 2.84 bits per heavy atom. The van der Waals surface area contributed by atoms with Crippen molar-refractivity contribution in [2.24, 2.45) is 0 Å². The summed E-state index contributed by atoms with van der Waals surface area (Å²) in [5, 5.41) is 0. The van der Waals surface area contributed by atoms with Crippen molar-refractivity contribution in [2.75, 3.05) is 0 Å². The molecule has 0 spiro atoms. The van der Waals surface area contributed by atoms with Crippen molar-refractivity contribution >= 4 is 45.8 Å². The summed E-state index contributed by atoms with van der Waals surface area (Å²) < 4.78 is 4.04. The van der Waals surface area contributed by atoms with Gasteiger partial charge in [0, 0.05) is 9.26 Å². The molecule has 1 aromatic heterocycles. The first-order valence-electron chi connectivity index (χ1n) is 6.18. The molecular weight excluding hydrogens is 367 g/mol. The van der Waals surface area contributed by atoms with Gasteiger partial charge in [-0.2, -0.15) is 0 Å². The second kappa shape index (κ2) is 5.09. The predicted molar refractivity (Wildman–Crippen MR) is 90.6 cm³/mol. The predicted octanol–water partition coefficient (Wildman–Crippen LogP) is 4.86. The Balaban J connectivity index is 2.29. The van der Waals surface area contributed by atoms with Gasteiger partial charge in [0.25, 0.3) is 0 Å². The van der Waals surface area contributed by atoms with Crippen LogP contribution < -0.4 is 0 Å². The van der Waals surface area contributed by atoms with Crippen LogP contribution in [-0.2, 0) is 6.42 Å². The molecule has 0 fully saturated rings. The molecule has 4 heteroatoms. The Kier molecular flexibility index (Phi) is 3.45. The minimum absolute atomic E-state index is 0.741. The van der Waals surface area contributed by atoms with Crippen molar-refractivity contribution in [3.8, 4) is 5.69 Å². The molecule has 3 aromatic rings. The van der Waals surface area contributed by atoms with E-state index in [0.29, 0.717) is 0 Å². The maximum atomic E-state index is 5.46. The van der Waals surface area contributed by atoms with Gasteiger partial charge in [-0.1, -0.05) is 19.1 Å². The molecule has 0 aliphatic heterocycles. The van der Waals surface area contributed by atoms with E-state index in [1.54, 1.807) is 0 Å². The highest BCUT2D eigenvalue weighted by molar-refractivity contribution is 14.1. The molecule has 2 aromatic carbocycles. The topological polar surface area (TPSA) is 20.7 Å². The standard InChI is InChI=1S/C15H13IN2S/c1-2-10-4-3-5-12(8-10)18-14-7-6-11(16)9-13(14)17-15(18)19/h3-9H,2H2,1H3,(H,17,19). The molecule has 0 bridgehead atoms. The maximum Gasteiger partial charge on any atom is 0.182 e. The van der Waals surface area contributed by atoms with Crippen molar-refractivity contribution in [1.29, 1.82) is 0 Å². The van der Waals surface area contributed by atoms with E-state index in [1.165, 1.54) is 9.13 Å². The Morgan fingerprint density at radius 1 is 1.21 bits per heavy atom. The summed E-state index contributed by atoms with van der Waals surface area (Å²) in [6, 6.07) is 14.9. The van der Waals surface area contributed by atoms with Crippen molar-refractivity contribution in [3.05, 3.63) is 56.4 Å². The molecule has 96 valence electrons. The zero-order valence-corrected chi connectivity index (χ0v) is 13.5. The molecule has 0 aliphatic carbocycles. The monoisotopic (exact) mass is 380 g/mol. The second-order valence-corrected chi connectivity index (χ2v) is 6.08. The summed E-state index contributed by atoms with van der Waals surface area (Å²) in [4.78, 5) is 3.28. The van der Waals surface area contributed by atoms with Crippen LogP contribution in [0, 0.1) is 8.34 Å². The molecule has 19 heavy (non-hydrogen) atoms. The summed E-state index contributed by atoms with van der Waals surface area (Å²) in [5.74, 6) is 0. The zero-order valence-electron chi connectivity index (χ0n) is 10.5. The summed E-state index contributed by atoms with van der Waals surface area (Å²) in [6.07, 6.45) is 1.03. The number of hydrogen-bond donors (Lipinski definition) is 1.